The van der Waals surface area contributed by atoms with Gasteiger partial charge in [-0.2, -0.15) is 0 Å². The van der Waals surface area contributed by atoms with Crippen LogP contribution in [-0.4, -0.2) is 37.0 Å². The number of carbonyl (C=O) groups is 1. The SMILES string of the molecule is O=C(C1CCCNC1)N1CCC(CCc2ccccc2)CC1. The first kappa shape index (κ1) is 15.5. The van der Waals surface area contributed by atoms with Crippen molar-refractivity contribution in [1.29, 1.82) is 0 Å². The summed E-state index contributed by atoms with van der Waals surface area (Å²) in [6, 6.07) is 10.8. The van der Waals surface area contributed by atoms with Crippen LogP contribution in [0.15, 0.2) is 30.3 Å². The first-order chi connectivity index (χ1) is 10.8. The number of carbonyl (C=O) groups excluding carboxylic acids is 1. The summed E-state index contributed by atoms with van der Waals surface area (Å²) in [6.07, 6.45) is 7.00. The summed E-state index contributed by atoms with van der Waals surface area (Å²) in [5, 5.41) is 3.35. The summed E-state index contributed by atoms with van der Waals surface area (Å²) in [7, 11) is 0. The van der Waals surface area contributed by atoms with E-state index in [1.54, 1.807) is 0 Å². The van der Waals surface area contributed by atoms with Gasteiger partial charge in [-0.05, 0) is 56.6 Å². The summed E-state index contributed by atoms with van der Waals surface area (Å²) in [5.74, 6) is 1.41. The van der Waals surface area contributed by atoms with Crippen molar-refractivity contribution in [3.05, 3.63) is 35.9 Å². The van der Waals surface area contributed by atoms with E-state index in [2.05, 4.69) is 40.5 Å². The Morgan fingerprint density at radius 2 is 1.91 bits per heavy atom. The standard InChI is InChI=1S/C19H28N2O/c22-19(18-7-4-12-20-15-18)21-13-10-17(11-14-21)9-8-16-5-2-1-3-6-16/h1-3,5-6,17-18,20H,4,7-15H2. The Morgan fingerprint density at radius 3 is 2.59 bits per heavy atom. The molecule has 0 saturated carbocycles. The fourth-order valence-electron chi connectivity index (χ4n) is 3.78. The van der Waals surface area contributed by atoms with E-state index in [-0.39, 0.29) is 5.92 Å². The Bertz CT molecular complexity index is 460. The minimum atomic E-state index is 0.231. The zero-order chi connectivity index (χ0) is 15.2. The van der Waals surface area contributed by atoms with E-state index in [0.29, 0.717) is 5.91 Å². The molecule has 1 N–H and O–H groups in total. The predicted octanol–water partition coefficient (Wildman–Crippen LogP) is 2.86. The molecule has 1 atom stereocenters. The van der Waals surface area contributed by atoms with Crippen molar-refractivity contribution in [2.24, 2.45) is 11.8 Å². The highest BCUT2D eigenvalue weighted by atomic mass is 16.2. The van der Waals surface area contributed by atoms with Crippen molar-refractivity contribution < 1.29 is 4.79 Å². The zero-order valence-corrected chi connectivity index (χ0v) is 13.5. The fourth-order valence-corrected chi connectivity index (χ4v) is 3.78. The number of nitrogens with one attached hydrogen (secondary N) is 1. The molecule has 3 heteroatoms. The molecule has 2 fully saturated rings. The zero-order valence-electron chi connectivity index (χ0n) is 13.5. The average Bonchev–Trinajstić information content (AvgIpc) is 2.61. The lowest BCUT2D eigenvalue weighted by Gasteiger charge is -2.35. The topological polar surface area (TPSA) is 32.3 Å². The Labute approximate surface area is 134 Å². The second-order valence-electron chi connectivity index (χ2n) is 6.84. The van der Waals surface area contributed by atoms with Crippen LogP contribution in [0, 0.1) is 11.8 Å². The first-order valence-electron chi connectivity index (χ1n) is 8.86. The first-order valence-corrected chi connectivity index (χ1v) is 8.86. The van der Waals surface area contributed by atoms with Gasteiger partial charge in [-0.25, -0.2) is 0 Å². The van der Waals surface area contributed by atoms with Gasteiger partial charge in [-0.15, -0.1) is 0 Å². The van der Waals surface area contributed by atoms with Crippen LogP contribution in [0.25, 0.3) is 0 Å². The van der Waals surface area contributed by atoms with E-state index in [1.165, 1.54) is 31.2 Å². The van der Waals surface area contributed by atoms with Crippen molar-refractivity contribution in [2.75, 3.05) is 26.2 Å². The Hall–Kier alpha value is -1.35. The third-order valence-electron chi connectivity index (χ3n) is 5.26. The van der Waals surface area contributed by atoms with Gasteiger partial charge in [0.25, 0.3) is 0 Å². The quantitative estimate of drug-likeness (QED) is 0.927. The molecule has 0 aromatic heterocycles. The lowest BCUT2D eigenvalue weighted by molar-refractivity contribution is -0.137. The van der Waals surface area contributed by atoms with Crippen LogP contribution >= 0.6 is 0 Å². The van der Waals surface area contributed by atoms with Crippen LogP contribution < -0.4 is 5.32 Å². The van der Waals surface area contributed by atoms with E-state index in [1.807, 2.05) is 0 Å². The van der Waals surface area contributed by atoms with E-state index in [0.717, 1.165) is 44.9 Å². The highest BCUT2D eigenvalue weighted by molar-refractivity contribution is 5.79. The summed E-state index contributed by atoms with van der Waals surface area (Å²) >= 11 is 0. The number of benzene rings is 1. The number of aryl methyl sites for hydroxylation is 1. The second kappa shape index (κ2) is 7.77. The number of hydrogen-bond donors (Lipinski definition) is 1. The third-order valence-corrected chi connectivity index (χ3v) is 5.26. The molecule has 1 amide bonds. The van der Waals surface area contributed by atoms with Gasteiger partial charge >= 0.3 is 0 Å². The molecule has 0 radical (unpaired) electrons. The van der Waals surface area contributed by atoms with Crippen LogP contribution in [0.1, 0.15) is 37.7 Å². The fraction of sp³-hybridized carbons (Fsp3) is 0.632. The number of amides is 1. The van der Waals surface area contributed by atoms with E-state index in [4.69, 9.17) is 0 Å². The molecular formula is C19H28N2O. The molecule has 2 aliphatic heterocycles. The number of piperidine rings is 2. The molecule has 3 rings (SSSR count). The number of hydrogen-bond acceptors (Lipinski definition) is 2. The van der Waals surface area contributed by atoms with Crippen LogP contribution in [-0.2, 0) is 11.2 Å². The Kier molecular flexibility index (Phi) is 5.49. The highest BCUT2D eigenvalue weighted by Crippen LogP contribution is 2.24. The minimum absolute atomic E-state index is 0.231. The molecule has 1 aromatic carbocycles. The van der Waals surface area contributed by atoms with Gasteiger partial charge in [0, 0.05) is 19.6 Å². The second-order valence-corrected chi connectivity index (χ2v) is 6.84. The van der Waals surface area contributed by atoms with Crippen molar-refractivity contribution >= 4 is 5.91 Å². The molecule has 2 saturated heterocycles. The maximum absolute atomic E-state index is 12.5. The van der Waals surface area contributed by atoms with Crippen LogP contribution in [0.2, 0.25) is 0 Å². The average molecular weight is 300 g/mol. The van der Waals surface area contributed by atoms with E-state index >= 15 is 0 Å². The normalized spacial score (nSPS) is 23.5. The molecule has 120 valence electrons. The van der Waals surface area contributed by atoms with Crippen molar-refractivity contribution in [3.63, 3.8) is 0 Å². The Balaban J connectivity index is 1.41. The van der Waals surface area contributed by atoms with Gasteiger partial charge in [0.05, 0.1) is 5.92 Å². The smallest absolute Gasteiger partial charge is 0.226 e. The third kappa shape index (κ3) is 4.10. The molecule has 2 heterocycles. The van der Waals surface area contributed by atoms with Gasteiger partial charge < -0.3 is 10.2 Å². The Morgan fingerprint density at radius 1 is 1.14 bits per heavy atom. The lowest BCUT2D eigenvalue weighted by atomic mass is 9.89. The van der Waals surface area contributed by atoms with Gasteiger partial charge in [-0.3, -0.25) is 4.79 Å². The van der Waals surface area contributed by atoms with Crippen LogP contribution in [0.4, 0.5) is 0 Å². The highest BCUT2D eigenvalue weighted by Gasteiger charge is 2.28. The maximum Gasteiger partial charge on any atom is 0.226 e. The number of rotatable bonds is 4. The van der Waals surface area contributed by atoms with Gasteiger partial charge in [0.15, 0.2) is 0 Å². The number of likely N-dealkylation sites (tertiary alicyclic amines) is 1. The lowest BCUT2D eigenvalue weighted by Crippen LogP contribution is -2.46. The van der Waals surface area contributed by atoms with Crippen molar-refractivity contribution in [2.45, 2.75) is 38.5 Å². The van der Waals surface area contributed by atoms with Crippen LogP contribution in [0.3, 0.4) is 0 Å². The summed E-state index contributed by atoms with van der Waals surface area (Å²) in [6.45, 7) is 3.89. The molecule has 1 unspecified atom stereocenters. The molecule has 22 heavy (non-hydrogen) atoms. The van der Waals surface area contributed by atoms with Gasteiger partial charge in [0.1, 0.15) is 0 Å². The molecule has 2 aliphatic rings. The minimum Gasteiger partial charge on any atom is -0.342 e. The summed E-state index contributed by atoms with van der Waals surface area (Å²) in [5.41, 5.74) is 1.44. The molecule has 0 aliphatic carbocycles. The predicted molar refractivity (Wildman–Crippen MR) is 89.7 cm³/mol. The molecular weight excluding hydrogens is 272 g/mol. The van der Waals surface area contributed by atoms with Gasteiger partial charge in [0.2, 0.25) is 5.91 Å². The van der Waals surface area contributed by atoms with Gasteiger partial charge in [-0.1, -0.05) is 30.3 Å². The maximum atomic E-state index is 12.5. The van der Waals surface area contributed by atoms with E-state index in [9.17, 15) is 4.79 Å². The largest absolute Gasteiger partial charge is 0.342 e. The van der Waals surface area contributed by atoms with E-state index < -0.39 is 0 Å². The summed E-state index contributed by atoms with van der Waals surface area (Å²) < 4.78 is 0. The molecule has 0 spiro atoms. The molecule has 1 aromatic rings. The van der Waals surface area contributed by atoms with Crippen LogP contribution in [0.5, 0.6) is 0 Å². The molecule has 3 nitrogen and oxygen atoms in total. The number of nitrogens with zero attached hydrogens (tertiary/aromatic N) is 1. The van der Waals surface area contributed by atoms with Crippen molar-refractivity contribution in [1.82, 2.24) is 10.2 Å². The molecule has 0 bridgehead atoms. The van der Waals surface area contributed by atoms with Crippen molar-refractivity contribution in [3.8, 4) is 0 Å². The summed E-state index contributed by atoms with van der Waals surface area (Å²) in [4.78, 5) is 14.6. The monoisotopic (exact) mass is 300 g/mol.